The van der Waals surface area contributed by atoms with Crippen molar-refractivity contribution in [2.75, 3.05) is 19.8 Å². The minimum atomic E-state index is 0.496. The Morgan fingerprint density at radius 2 is 2.47 bits per heavy atom. The molecule has 0 radical (unpaired) electrons. The topological polar surface area (TPSA) is 21.3 Å². The summed E-state index contributed by atoms with van der Waals surface area (Å²) in [6.07, 6.45) is 1.19. The predicted molar refractivity (Wildman–Crippen MR) is 64.4 cm³/mol. The minimum absolute atomic E-state index is 0.496. The number of rotatable bonds is 4. The van der Waals surface area contributed by atoms with Gasteiger partial charge in [-0.3, -0.25) is 0 Å². The van der Waals surface area contributed by atoms with Gasteiger partial charge in [0.25, 0.3) is 0 Å². The predicted octanol–water partition coefficient (Wildman–Crippen LogP) is 2.74. The van der Waals surface area contributed by atoms with Gasteiger partial charge < -0.3 is 10.1 Å². The van der Waals surface area contributed by atoms with E-state index >= 15 is 0 Å². The molecule has 2 atom stereocenters. The normalized spacial score (nSPS) is 23.2. The van der Waals surface area contributed by atoms with Crippen LogP contribution in [0.1, 0.15) is 29.1 Å². The summed E-state index contributed by atoms with van der Waals surface area (Å²) < 4.78 is 5.48. The van der Waals surface area contributed by atoms with Crippen LogP contribution in [0, 0.1) is 12.8 Å². The summed E-state index contributed by atoms with van der Waals surface area (Å²) in [6.45, 7) is 7.20. The second-order valence-electron chi connectivity index (χ2n) is 4.11. The number of nitrogens with one attached hydrogen (secondary N) is 1. The molecular weight excluding hydrogens is 206 g/mol. The van der Waals surface area contributed by atoms with Crippen LogP contribution in [-0.2, 0) is 4.74 Å². The molecule has 1 aromatic heterocycles. The van der Waals surface area contributed by atoms with Gasteiger partial charge in [-0.15, -0.1) is 11.3 Å². The molecule has 0 amide bonds. The second-order valence-corrected chi connectivity index (χ2v) is 5.43. The largest absolute Gasteiger partial charge is 0.381 e. The zero-order valence-corrected chi connectivity index (χ0v) is 10.3. The van der Waals surface area contributed by atoms with E-state index in [-0.39, 0.29) is 0 Å². The Balaban J connectivity index is 2.11. The van der Waals surface area contributed by atoms with E-state index in [9.17, 15) is 0 Å². The molecule has 3 heteroatoms. The van der Waals surface area contributed by atoms with Gasteiger partial charge in [0.15, 0.2) is 0 Å². The van der Waals surface area contributed by atoms with Crippen molar-refractivity contribution in [3.05, 3.63) is 21.9 Å². The van der Waals surface area contributed by atoms with Gasteiger partial charge in [0.2, 0.25) is 0 Å². The molecule has 0 saturated carbocycles. The SMILES string of the molecule is CCNC(c1ccc(C)s1)C1CCOC1. The van der Waals surface area contributed by atoms with Crippen LogP contribution in [0.15, 0.2) is 12.1 Å². The summed E-state index contributed by atoms with van der Waals surface area (Å²) in [7, 11) is 0. The van der Waals surface area contributed by atoms with E-state index in [1.54, 1.807) is 0 Å². The number of hydrogen-bond acceptors (Lipinski definition) is 3. The third-order valence-electron chi connectivity index (χ3n) is 2.93. The lowest BCUT2D eigenvalue weighted by atomic mass is 9.97. The quantitative estimate of drug-likeness (QED) is 0.850. The number of ether oxygens (including phenoxy) is 1. The molecule has 1 saturated heterocycles. The number of thiophene rings is 1. The van der Waals surface area contributed by atoms with Gasteiger partial charge in [-0.25, -0.2) is 0 Å². The highest BCUT2D eigenvalue weighted by molar-refractivity contribution is 7.12. The van der Waals surface area contributed by atoms with Crippen LogP contribution < -0.4 is 5.32 Å². The van der Waals surface area contributed by atoms with Gasteiger partial charge in [0.1, 0.15) is 0 Å². The van der Waals surface area contributed by atoms with Crippen LogP contribution in [0.2, 0.25) is 0 Å². The maximum absolute atomic E-state index is 5.48. The van der Waals surface area contributed by atoms with E-state index in [0.29, 0.717) is 12.0 Å². The van der Waals surface area contributed by atoms with Crippen molar-refractivity contribution < 1.29 is 4.74 Å². The van der Waals surface area contributed by atoms with Gasteiger partial charge in [-0.1, -0.05) is 6.92 Å². The number of aryl methyl sites for hydroxylation is 1. The summed E-state index contributed by atoms with van der Waals surface area (Å²) in [4.78, 5) is 2.86. The van der Waals surface area contributed by atoms with Crippen molar-refractivity contribution in [1.29, 1.82) is 0 Å². The molecule has 15 heavy (non-hydrogen) atoms. The first-order chi connectivity index (χ1) is 7.31. The fourth-order valence-electron chi connectivity index (χ4n) is 2.16. The van der Waals surface area contributed by atoms with Crippen LogP contribution in [0.3, 0.4) is 0 Å². The smallest absolute Gasteiger partial charge is 0.0513 e. The molecule has 2 heterocycles. The maximum Gasteiger partial charge on any atom is 0.0513 e. The second kappa shape index (κ2) is 5.10. The lowest BCUT2D eigenvalue weighted by Crippen LogP contribution is -2.27. The zero-order valence-electron chi connectivity index (χ0n) is 9.45. The third-order valence-corrected chi connectivity index (χ3v) is 4.01. The summed E-state index contributed by atoms with van der Waals surface area (Å²) in [5.41, 5.74) is 0. The highest BCUT2D eigenvalue weighted by Gasteiger charge is 2.27. The molecule has 0 aromatic carbocycles. The van der Waals surface area contributed by atoms with Gasteiger partial charge in [-0.05, 0) is 32.0 Å². The van der Waals surface area contributed by atoms with E-state index < -0.39 is 0 Å². The molecule has 1 fully saturated rings. The Morgan fingerprint density at radius 1 is 1.60 bits per heavy atom. The molecule has 84 valence electrons. The molecule has 0 spiro atoms. The summed E-state index contributed by atoms with van der Waals surface area (Å²) in [5, 5.41) is 3.58. The molecule has 1 aliphatic heterocycles. The van der Waals surface area contributed by atoms with Crippen molar-refractivity contribution in [3.8, 4) is 0 Å². The van der Waals surface area contributed by atoms with Crippen molar-refractivity contribution >= 4 is 11.3 Å². The summed E-state index contributed by atoms with van der Waals surface area (Å²) >= 11 is 1.90. The molecule has 0 bridgehead atoms. The first kappa shape index (κ1) is 11.1. The van der Waals surface area contributed by atoms with E-state index in [1.165, 1.54) is 16.2 Å². The monoisotopic (exact) mass is 225 g/mol. The molecular formula is C12H19NOS. The van der Waals surface area contributed by atoms with Crippen molar-refractivity contribution in [1.82, 2.24) is 5.32 Å². The van der Waals surface area contributed by atoms with Gasteiger partial charge in [0, 0.05) is 28.3 Å². The van der Waals surface area contributed by atoms with E-state index in [1.807, 2.05) is 11.3 Å². The van der Waals surface area contributed by atoms with Crippen molar-refractivity contribution in [2.24, 2.45) is 5.92 Å². The maximum atomic E-state index is 5.48. The lowest BCUT2D eigenvalue weighted by molar-refractivity contribution is 0.177. The van der Waals surface area contributed by atoms with Crippen LogP contribution in [-0.4, -0.2) is 19.8 Å². The molecule has 1 aromatic rings. The van der Waals surface area contributed by atoms with Gasteiger partial charge in [-0.2, -0.15) is 0 Å². The Morgan fingerprint density at radius 3 is 3.00 bits per heavy atom. The van der Waals surface area contributed by atoms with E-state index in [0.717, 1.165) is 19.8 Å². The summed E-state index contributed by atoms with van der Waals surface area (Å²) in [5.74, 6) is 0.656. The molecule has 2 unspecified atom stereocenters. The Kier molecular flexibility index (Phi) is 3.78. The first-order valence-corrected chi connectivity index (χ1v) is 6.50. The van der Waals surface area contributed by atoms with Crippen molar-refractivity contribution in [2.45, 2.75) is 26.3 Å². The summed E-state index contributed by atoms with van der Waals surface area (Å²) in [6, 6.07) is 4.96. The fraction of sp³-hybridized carbons (Fsp3) is 0.667. The minimum Gasteiger partial charge on any atom is -0.381 e. The third kappa shape index (κ3) is 2.60. The average Bonchev–Trinajstić information content (AvgIpc) is 2.85. The average molecular weight is 225 g/mol. The Labute approximate surface area is 95.6 Å². The molecule has 2 rings (SSSR count). The van der Waals surface area contributed by atoms with E-state index in [2.05, 4.69) is 31.3 Å². The van der Waals surface area contributed by atoms with Crippen LogP contribution in [0.5, 0.6) is 0 Å². The Hall–Kier alpha value is -0.380. The highest BCUT2D eigenvalue weighted by Crippen LogP contribution is 2.32. The van der Waals surface area contributed by atoms with Crippen LogP contribution in [0.25, 0.3) is 0 Å². The molecule has 1 N–H and O–H groups in total. The lowest BCUT2D eigenvalue weighted by Gasteiger charge is -2.21. The fourth-order valence-corrected chi connectivity index (χ4v) is 3.20. The number of hydrogen-bond donors (Lipinski definition) is 1. The molecule has 1 aliphatic rings. The van der Waals surface area contributed by atoms with Gasteiger partial charge in [0.05, 0.1) is 6.61 Å². The molecule has 2 nitrogen and oxygen atoms in total. The first-order valence-electron chi connectivity index (χ1n) is 5.68. The highest BCUT2D eigenvalue weighted by atomic mass is 32.1. The van der Waals surface area contributed by atoms with Crippen molar-refractivity contribution in [3.63, 3.8) is 0 Å². The standard InChI is InChI=1S/C12H19NOS/c1-3-13-12(10-6-7-14-8-10)11-5-4-9(2)15-11/h4-5,10,12-13H,3,6-8H2,1-2H3. The zero-order chi connectivity index (χ0) is 10.7. The molecule has 0 aliphatic carbocycles. The van der Waals surface area contributed by atoms with Crippen LogP contribution >= 0.6 is 11.3 Å². The van der Waals surface area contributed by atoms with Crippen LogP contribution in [0.4, 0.5) is 0 Å². The Bertz CT molecular complexity index is 304. The van der Waals surface area contributed by atoms with Gasteiger partial charge >= 0.3 is 0 Å². The van der Waals surface area contributed by atoms with E-state index in [4.69, 9.17) is 4.74 Å².